The molecule has 2 N–H and O–H groups in total. The Morgan fingerprint density at radius 3 is 2.67 bits per heavy atom. The van der Waals surface area contributed by atoms with Crippen molar-refractivity contribution in [1.29, 1.82) is 0 Å². The molecule has 1 aliphatic heterocycles. The molecule has 1 unspecified atom stereocenters. The summed E-state index contributed by atoms with van der Waals surface area (Å²) in [5.41, 5.74) is 2.55. The fourth-order valence-electron chi connectivity index (χ4n) is 3.68. The summed E-state index contributed by atoms with van der Waals surface area (Å²) >= 11 is 1.82. The number of guanidine groups is 1. The lowest BCUT2D eigenvalue weighted by Gasteiger charge is -2.34. The van der Waals surface area contributed by atoms with Gasteiger partial charge in [-0.05, 0) is 43.6 Å². The highest BCUT2D eigenvalue weighted by molar-refractivity contribution is 7.10. The molecule has 0 bridgehead atoms. The zero-order valence-electron chi connectivity index (χ0n) is 18.4. The van der Waals surface area contributed by atoms with E-state index in [9.17, 15) is 0 Å². The van der Waals surface area contributed by atoms with Gasteiger partial charge in [0.1, 0.15) is 0 Å². The molecule has 7 heteroatoms. The van der Waals surface area contributed by atoms with Crippen molar-refractivity contribution in [2.75, 3.05) is 53.5 Å². The maximum atomic E-state index is 5.55. The SMILES string of the molecule is CCNC(=NCc1cccc(CN(C)C)c1)NCC(c1cccs1)N1CCOCC1. The maximum absolute atomic E-state index is 5.55. The topological polar surface area (TPSA) is 52.1 Å². The van der Waals surface area contributed by atoms with Gasteiger partial charge in [-0.2, -0.15) is 0 Å². The van der Waals surface area contributed by atoms with E-state index in [1.54, 1.807) is 0 Å². The number of benzene rings is 1. The van der Waals surface area contributed by atoms with E-state index in [1.807, 2.05) is 11.3 Å². The van der Waals surface area contributed by atoms with Gasteiger partial charge in [0.2, 0.25) is 0 Å². The quantitative estimate of drug-likeness (QED) is 0.474. The Balaban J connectivity index is 1.64. The van der Waals surface area contributed by atoms with Crippen molar-refractivity contribution in [3.63, 3.8) is 0 Å². The predicted molar refractivity (Wildman–Crippen MR) is 126 cm³/mol. The van der Waals surface area contributed by atoms with Gasteiger partial charge in [-0.3, -0.25) is 4.90 Å². The summed E-state index contributed by atoms with van der Waals surface area (Å²) in [6.45, 7) is 8.93. The van der Waals surface area contributed by atoms with Crippen molar-refractivity contribution in [3.05, 3.63) is 57.8 Å². The van der Waals surface area contributed by atoms with Crippen molar-refractivity contribution in [3.8, 4) is 0 Å². The average Bonchev–Trinajstić information content (AvgIpc) is 3.27. The first kappa shape index (κ1) is 22.7. The summed E-state index contributed by atoms with van der Waals surface area (Å²) in [5, 5.41) is 9.13. The number of rotatable bonds is 9. The number of hydrogen-bond acceptors (Lipinski definition) is 5. The minimum atomic E-state index is 0.334. The van der Waals surface area contributed by atoms with E-state index in [0.29, 0.717) is 12.6 Å². The Morgan fingerprint density at radius 2 is 1.97 bits per heavy atom. The smallest absolute Gasteiger partial charge is 0.191 e. The Morgan fingerprint density at radius 1 is 1.17 bits per heavy atom. The standard InChI is InChI=1S/C23H35N5OS/c1-4-24-23(25-16-19-7-5-8-20(15-19)18-27(2)3)26-17-21(22-9-6-14-30-22)28-10-12-29-13-11-28/h5-9,14-15,21H,4,10-13,16-18H2,1-3H3,(H2,24,25,26). The van der Waals surface area contributed by atoms with Gasteiger partial charge < -0.3 is 20.3 Å². The second kappa shape index (κ2) is 12.1. The number of nitrogens with zero attached hydrogens (tertiary/aromatic N) is 3. The monoisotopic (exact) mass is 429 g/mol. The van der Waals surface area contributed by atoms with Gasteiger partial charge in [-0.15, -0.1) is 11.3 Å². The van der Waals surface area contributed by atoms with Gasteiger partial charge >= 0.3 is 0 Å². The van der Waals surface area contributed by atoms with Gasteiger partial charge in [0.15, 0.2) is 5.96 Å². The zero-order chi connectivity index (χ0) is 21.2. The number of ether oxygens (including phenoxy) is 1. The van der Waals surface area contributed by atoms with Crippen LogP contribution in [0.4, 0.5) is 0 Å². The molecule has 6 nitrogen and oxygen atoms in total. The van der Waals surface area contributed by atoms with Crippen molar-refractivity contribution in [1.82, 2.24) is 20.4 Å². The van der Waals surface area contributed by atoms with Crippen molar-refractivity contribution in [2.45, 2.75) is 26.1 Å². The summed E-state index contributed by atoms with van der Waals surface area (Å²) in [6.07, 6.45) is 0. The third kappa shape index (κ3) is 7.09. The Bertz CT molecular complexity index is 772. The largest absolute Gasteiger partial charge is 0.379 e. The van der Waals surface area contributed by atoms with Crippen molar-refractivity contribution >= 4 is 17.3 Å². The lowest BCUT2D eigenvalue weighted by Crippen LogP contribution is -2.46. The fourth-order valence-corrected chi connectivity index (χ4v) is 4.54. The number of hydrogen-bond donors (Lipinski definition) is 2. The van der Waals surface area contributed by atoms with Gasteiger partial charge in [-0.25, -0.2) is 4.99 Å². The fraction of sp³-hybridized carbons (Fsp3) is 0.522. The molecule has 164 valence electrons. The van der Waals surface area contributed by atoms with Crippen LogP contribution in [0.1, 0.15) is 29.0 Å². The average molecular weight is 430 g/mol. The van der Waals surface area contributed by atoms with Crippen LogP contribution in [0.5, 0.6) is 0 Å². The van der Waals surface area contributed by atoms with Gasteiger partial charge in [0, 0.05) is 37.6 Å². The van der Waals surface area contributed by atoms with E-state index in [0.717, 1.165) is 51.9 Å². The Kier molecular flexibility index (Phi) is 9.14. The summed E-state index contributed by atoms with van der Waals surface area (Å²) in [7, 11) is 4.19. The number of nitrogens with one attached hydrogen (secondary N) is 2. The molecule has 0 spiro atoms. The van der Waals surface area contributed by atoms with Crippen molar-refractivity contribution < 1.29 is 4.74 Å². The van der Waals surface area contributed by atoms with Crippen LogP contribution in [0, 0.1) is 0 Å². The van der Waals surface area contributed by atoms with Gasteiger partial charge in [0.25, 0.3) is 0 Å². The highest BCUT2D eigenvalue weighted by Gasteiger charge is 2.23. The molecule has 3 rings (SSSR count). The molecule has 1 aromatic heterocycles. The molecule has 0 saturated carbocycles. The van der Waals surface area contributed by atoms with Crippen LogP contribution in [-0.2, 0) is 17.8 Å². The molecule has 1 aliphatic rings. The highest BCUT2D eigenvalue weighted by atomic mass is 32.1. The zero-order valence-corrected chi connectivity index (χ0v) is 19.3. The molecule has 1 fully saturated rings. The summed E-state index contributed by atoms with van der Waals surface area (Å²) in [6, 6.07) is 13.4. The molecule has 2 heterocycles. The highest BCUT2D eigenvalue weighted by Crippen LogP contribution is 2.25. The van der Waals surface area contributed by atoms with Crippen LogP contribution in [0.25, 0.3) is 0 Å². The van der Waals surface area contributed by atoms with E-state index >= 15 is 0 Å². The molecular weight excluding hydrogens is 394 g/mol. The van der Waals surface area contributed by atoms with E-state index in [-0.39, 0.29) is 0 Å². The molecule has 0 amide bonds. The molecule has 1 atom stereocenters. The first-order valence-corrected chi connectivity index (χ1v) is 11.6. The minimum Gasteiger partial charge on any atom is -0.379 e. The van der Waals surface area contributed by atoms with E-state index in [1.165, 1.54) is 16.0 Å². The van der Waals surface area contributed by atoms with Gasteiger partial charge in [-0.1, -0.05) is 30.3 Å². The molecule has 1 saturated heterocycles. The Hall–Kier alpha value is -1.93. The summed E-state index contributed by atoms with van der Waals surface area (Å²) in [4.78, 5) is 10.9. The van der Waals surface area contributed by atoms with Crippen molar-refractivity contribution in [2.24, 2.45) is 4.99 Å². The summed E-state index contributed by atoms with van der Waals surface area (Å²) < 4.78 is 5.55. The molecule has 2 aromatic rings. The number of thiophene rings is 1. The normalized spacial score (nSPS) is 16.6. The summed E-state index contributed by atoms with van der Waals surface area (Å²) in [5.74, 6) is 0.866. The minimum absolute atomic E-state index is 0.334. The first-order chi connectivity index (χ1) is 14.7. The van der Waals surface area contributed by atoms with E-state index < -0.39 is 0 Å². The second-order valence-electron chi connectivity index (χ2n) is 7.81. The predicted octanol–water partition coefficient (Wildman–Crippen LogP) is 2.94. The Labute approximate surface area is 184 Å². The van der Waals surface area contributed by atoms with E-state index in [4.69, 9.17) is 9.73 Å². The van der Waals surface area contributed by atoms with Crippen LogP contribution in [0.15, 0.2) is 46.8 Å². The van der Waals surface area contributed by atoms with Crippen LogP contribution in [0.2, 0.25) is 0 Å². The van der Waals surface area contributed by atoms with Crippen LogP contribution < -0.4 is 10.6 Å². The number of morpholine rings is 1. The van der Waals surface area contributed by atoms with E-state index in [2.05, 4.69) is 83.2 Å². The molecule has 0 radical (unpaired) electrons. The van der Waals surface area contributed by atoms with Crippen LogP contribution >= 0.6 is 11.3 Å². The third-order valence-electron chi connectivity index (χ3n) is 5.08. The molecule has 0 aliphatic carbocycles. The molecule has 1 aromatic carbocycles. The number of aliphatic imine (C=N–C) groups is 1. The van der Waals surface area contributed by atoms with Crippen LogP contribution in [0.3, 0.4) is 0 Å². The lowest BCUT2D eigenvalue weighted by atomic mass is 10.1. The second-order valence-corrected chi connectivity index (χ2v) is 8.79. The third-order valence-corrected chi connectivity index (χ3v) is 6.05. The first-order valence-electron chi connectivity index (χ1n) is 10.8. The molecular formula is C23H35N5OS. The maximum Gasteiger partial charge on any atom is 0.191 e. The molecule has 30 heavy (non-hydrogen) atoms. The van der Waals surface area contributed by atoms with Gasteiger partial charge in [0.05, 0.1) is 25.8 Å². The lowest BCUT2D eigenvalue weighted by molar-refractivity contribution is 0.0177. The van der Waals surface area contributed by atoms with Crippen LogP contribution in [-0.4, -0.2) is 69.2 Å².